The monoisotopic (exact) mass is 322 g/mol. The maximum atomic E-state index is 2.50. The lowest BCUT2D eigenvalue weighted by molar-refractivity contribution is 0.396. The van der Waals surface area contributed by atoms with E-state index in [2.05, 4.69) is 39.8 Å². The molecule has 0 N–H and O–H groups in total. The van der Waals surface area contributed by atoms with Gasteiger partial charge >= 0.3 is 0 Å². The Kier molecular flexibility index (Phi) is 17.9. The molecule has 0 aliphatic rings. The van der Waals surface area contributed by atoms with Gasteiger partial charge in [0.2, 0.25) is 0 Å². The van der Waals surface area contributed by atoms with Gasteiger partial charge in [-0.15, -0.1) is 0 Å². The molecule has 0 aromatic heterocycles. The van der Waals surface area contributed by atoms with Crippen molar-refractivity contribution in [2.24, 2.45) is 11.8 Å². The largest absolute Gasteiger partial charge is 0.0883 e. The lowest BCUT2D eigenvalue weighted by Crippen LogP contribution is -1.99. The van der Waals surface area contributed by atoms with Crippen molar-refractivity contribution in [3.63, 3.8) is 0 Å². The molecular weight excluding hydrogens is 276 g/mol. The quantitative estimate of drug-likeness (QED) is 0.185. The van der Waals surface area contributed by atoms with Crippen LogP contribution in [0.3, 0.4) is 0 Å². The van der Waals surface area contributed by atoms with E-state index in [1.54, 1.807) is 0 Å². The van der Waals surface area contributed by atoms with E-state index in [9.17, 15) is 0 Å². The molecule has 0 bridgehead atoms. The van der Waals surface area contributed by atoms with Crippen LogP contribution >= 0.6 is 0 Å². The van der Waals surface area contributed by atoms with Gasteiger partial charge in [0.25, 0.3) is 0 Å². The standard InChI is InChI=1S/C23H46/c1-5-9-11-15-19-23(8-4)21-17-14-12-13-16-20-22(7-3)18-10-6-2/h16,20,22-23H,5-15,17-19,21H2,1-4H3/b20-16+. The summed E-state index contributed by atoms with van der Waals surface area (Å²) in [4.78, 5) is 0. The van der Waals surface area contributed by atoms with Gasteiger partial charge in [-0.3, -0.25) is 0 Å². The van der Waals surface area contributed by atoms with E-state index in [0.29, 0.717) is 0 Å². The molecule has 0 fully saturated rings. The molecule has 0 heterocycles. The average molecular weight is 323 g/mol. The molecule has 0 amide bonds. The van der Waals surface area contributed by atoms with Crippen molar-refractivity contribution in [2.75, 3.05) is 0 Å². The molecule has 0 aliphatic heterocycles. The van der Waals surface area contributed by atoms with Crippen molar-refractivity contribution in [3.8, 4) is 0 Å². The summed E-state index contributed by atoms with van der Waals surface area (Å²) < 4.78 is 0. The second-order valence-corrected chi connectivity index (χ2v) is 7.50. The molecule has 0 aromatic carbocycles. The molecule has 23 heavy (non-hydrogen) atoms. The van der Waals surface area contributed by atoms with Crippen molar-refractivity contribution in [1.82, 2.24) is 0 Å². The van der Waals surface area contributed by atoms with E-state index in [0.717, 1.165) is 11.8 Å². The summed E-state index contributed by atoms with van der Waals surface area (Å²) in [6.07, 6.45) is 26.0. The van der Waals surface area contributed by atoms with Crippen LogP contribution in [0.4, 0.5) is 0 Å². The Morgan fingerprint density at radius 1 is 0.609 bits per heavy atom. The normalized spacial score (nSPS) is 14.4. The Morgan fingerprint density at radius 2 is 1.26 bits per heavy atom. The van der Waals surface area contributed by atoms with Crippen molar-refractivity contribution in [2.45, 2.75) is 124 Å². The van der Waals surface area contributed by atoms with Gasteiger partial charge in [-0.05, 0) is 37.5 Å². The number of rotatable bonds is 17. The zero-order valence-electron chi connectivity index (χ0n) is 16.9. The van der Waals surface area contributed by atoms with Gasteiger partial charge in [0.1, 0.15) is 0 Å². The van der Waals surface area contributed by atoms with Gasteiger partial charge in [0, 0.05) is 0 Å². The van der Waals surface area contributed by atoms with E-state index in [1.165, 1.54) is 96.3 Å². The smallest absolute Gasteiger partial charge is 0.0236 e. The summed E-state index contributed by atoms with van der Waals surface area (Å²) in [7, 11) is 0. The minimum absolute atomic E-state index is 0.836. The number of allylic oxidation sites excluding steroid dienone is 2. The topological polar surface area (TPSA) is 0 Å². The lowest BCUT2D eigenvalue weighted by atomic mass is 9.92. The second-order valence-electron chi connectivity index (χ2n) is 7.50. The van der Waals surface area contributed by atoms with E-state index in [1.807, 2.05) is 0 Å². The van der Waals surface area contributed by atoms with Crippen molar-refractivity contribution in [3.05, 3.63) is 12.2 Å². The molecule has 0 heteroatoms. The fourth-order valence-corrected chi connectivity index (χ4v) is 3.48. The Balaban J connectivity index is 3.58. The van der Waals surface area contributed by atoms with Crippen LogP contribution in [-0.2, 0) is 0 Å². The number of unbranched alkanes of at least 4 members (excludes halogenated alkanes) is 7. The first kappa shape index (κ1) is 22.7. The van der Waals surface area contributed by atoms with Crippen molar-refractivity contribution in [1.29, 1.82) is 0 Å². The molecule has 0 saturated carbocycles. The van der Waals surface area contributed by atoms with E-state index in [4.69, 9.17) is 0 Å². The van der Waals surface area contributed by atoms with Crippen LogP contribution in [0, 0.1) is 11.8 Å². The third kappa shape index (κ3) is 15.0. The van der Waals surface area contributed by atoms with Crippen molar-refractivity contribution < 1.29 is 0 Å². The molecule has 0 rings (SSSR count). The first-order valence-electron chi connectivity index (χ1n) is 10.9. The first-order valence-corrected chi connectivity index (χ1v) is 10.9. The Morgan fingerprint density at radius 3 is 1.83 bits per heavy atom. The Hall–Kier alpha value is -0.260. The van der Waals surface area contributed by atoms with Gasteiger partial charge in [0.05, 0.1) is 0 Å². The van der Waals surface area contributed by atoms with Gasteiger partial charge in [0.15, 0.2) is 0 Å². The first-order chi connectivity index (χ1) is 11.3. The third-order valence-corrected chi connectivity index (χ3v) is 5.39. The van der Waals surface area contributed by atoms with Gasteiger partial charge in [-0.2, -0.15) is 0 Å². The summed E-state index contributed by atoms with van der Waals surface area (Å²) >= 11 is 0. The van der Waals surface area contributed by atoms with E-state index < -0.39 is 0 Å². The molecule has 0 saturated heterocycles. The highest BCUT2D eigenvalue weighted by molar-refractivity contribution is 4.87. The predicted octanol–water partition coefficient (Wildman–Crippen LogP) is 8.71. The Labute approximate surface area is 148 Å². The minimum atomic E-state index is 0.836. The summed E-state index contributed by atoms with van der Waals surface area (Å²) in [6.45, 7) is 9.31. The van der Waals surface area contributed by atoms with E-state index >= 15 is 0 Å². The molecule has 138 valence electrons. The Bertz CT molecular complexity index is 240. The molecule has 2 unspecified atom stereocenters. The van der Waals surface area contributed by atoms with Crippen molar-refractivity contribution >= 4 is 0 Å². The highest BCUT2D eigenvalue weighted by atomic mass is 14.1. The SMILES string of the molecule is CCCCCCC(CC)CCCCC/C=C/C(CC)CCCC. The fraction of sp³-hybridized carbons (Fsp3) is 0.913. The van der Waals surface area contributed by atoms with Crippen LogP contribution in [0.2, 0.25) is 0 Å². The fourth-order valence-electron chi connectivity index (χ4n) is 3.48. The number of hydrogen-bond donors (Lipinski definition) is 0. The molecular formula is C23H46. The van der Waals surface area contributed by atoms with Crippen LogP contribution in [0.5, 0.6) is 0 Å². The predicted molar refractivity (Wildman–Crippen MR) is 108 cm³/mol. The van der Waals surface area contributed by atoms with E-state index in [-0.39, 0.29) is 0 Å². The summed E-state index contributed by atoms with van der Waals surface area (Å²) in [5.74, 6) is 1.84. The third-order valence-electron chi connectivity index (χ3n) is 5.39. The van der Waals surface area contributed by atoms with Gasteiger partial charge < -0.3 is 0 Å². The van der Waals surface area contributed by atoms with Crippen LogP contribution in [0.1, 0.15) is 124 Å². The number of hydrogen-bond acceptors (Lipinski definition) is 0. The lowest BCUT2D eigenvalue weighted by Gasteiger charge is -2.14. The highest BCUT2D eigenvalue weighted by Crippen LogP contribution is 2.21. The highest BCUT2D eigenvalue weighted by Gasteiger charge is 2.05. The zero-order chi connectivity index (χ0) is 17.2. The zero-order valence-corrected chi connectivity index (χ0v) is 16.9. The summed E-state index contributed by atoms with van der Waals surface area (Å²) in [6, 6.07) is 0. The van der Waals surface area contributed by atoms with Crippen LogP contribution in [-0.4, -0.2) is 0 Å². The maximum Gasteiger partial charge on any atom is -0.0236 e. The van der Waals surface area contributed by atoms with Gasteiger partial charge in [-0.25, -0.2) is 0 Å². The molecule has 0 radical (unpaired) electrons. The molecule has 0 spiro atoms. The second kappa shape index (κ2) is 18.1. The average Bonchev–Trinajstić information content (AvgIpc) is 2.58. The summed E-state index contributed by atoms with van der Waals surface area (Å²) in [5, 5.41) is 0. The van der Waals surface area contributed by atoms with Crippen LogP contribution in [0.15, 0.2) is 12.2 Å². The summed E-state index contributed by atoms with van der Waals surface area (Å²) in [5.41, 5.74) is 0. The molecule has 0 aromatic rings. The molecule has 0 nitrogen and oxygen atoms in total. The minimum Gasteiger partial charge on any atom is -0.0883 e. The molecule has 0 aliphatic carbocycles. The van der Waals surface area contributed by atoms with Crippen LogP contribution in [0.25, 0.3) is 0 Å². The van der Waals surface area contributed by atoms with Crippen LogP contribution < -0.4 is 0 Å². The maximum absolute atomic E-state index is 2.50. The molecule has 2 atom stereocenters. The van der Waals surface area contributed by atoms with Gasteiger partial charge in [-0.1, -0.05) is 110 Å².